The lowest BCUT2D eigenvalue weighted by Gasteiger charge is -2.38. The summed E-state index contributed by atoms with van der Waals surface area (Å²) in [5.41, 5.74) is -0.275. The maximum absolute atomic E-state index is 13.8. The monoisotopic (exact) mass is 363 g/mol. The van der Waals surface area contributed by atoms with Crippen molar-refractivity contribution in [1.29, 1.82) is 5.26 Å². The second kappa shape index (κ2) is 8.92. The van der Waals surface area contributed by atoms with Gasteiger partial charge in [0.15, 0.2) is 6.29 Å². The lowest BCUT2D eigenvalue weighted by molar-refractivity contribution is -0.215. The summed E-state index contributed by atoms with van der Waals surface area (Å²) in [6, 6.07) is 3.79. The fourth-order valence-corrected chi connectivity index (χ4v) is 4.26. The standard InChI is InChI=1S/C21H27F2NO2/c1-2-3-4-14-5-7-15(8-6-14)17-12-25-21(26-13-17)16-9-19(22)18(11-24)20(23)10-16/h9-10,14-15,17,21H,2-8,12-13H2,1H3/t14-,15-,17-,21-. The van der Waals surface area contributed by atoms with Gasteiger partial charge in [0.25, 0.3) is 0 Å². The predicted octanol–water partition coefficient (Wildman–Crippen LogP) is 5.49. The van der Waals surface area contributed by atoms with Gasteiger partial charge >= 0.3 is 0 Å². The smallest absolute Gasteiger partial charge is 0.184 e. The molecule has 1 aliphatic heterocycles. The average molecular weight is 363 g/mol. The molecule has 1 aromatic carbocycles. The number of hydrogen-bond donors (Lipinski definition) is 0. The molecule has 0 unspecified atom stereocenters. The van der Waals surface area contributed by atoms with Crippen LogP contribution in [0.1, 0.15) is 69.3 Å². The normalized spacial score (nSPS) is 29.3. The second-order valence-corrected chi connectivity index (χ2v) is 7.65. The molecular weight excluding hydrogens is 336 g/mol. The van der Waals surface area contributed by atoms with Gasteiger partial charge in [-0.2, -0.15) is 5.26 Å². The summed E-state index contributed by atoms with van der Waals surface area (Å²) in [6.45, 7) is 3.35. The number of unbranched alkanes of at least 4 members (excludes halogenated alkanes) is 1. The van der Waals surface area contributed by atoms with E-state index in [0.717, 1.165) is 18.1 Å². The Morgan fingerprint density at radius 3 is 2.19 bits per heavy atom. The summed E-state index contributed by atoms with van der Waals surface area (Å²) in [7, 11) is 0. The van der Waals surface area contributed by atoms with Crippen LogP contribution < -0.4 is 0 Å². The highest BCUT2D eigenvalue weighted by atomic mass is 19.1. The third-order valence-electron chi connectivity index (χ3n) is 5.90. The van der Waals surface area contributed by atoms with Crippen LogP contribution in [0.25, 0.3) is 0 Å². The third kappa shape index (κ3) is 4.42. The highest BCUT2D eigenvalue weighted by molar-refractivity contribution is 5.35. The van der Waals surface area contributed by atoms with Gasteiger partial charge in [-0.05, 0) is 36.8 Å². The fraction of sp³-hybridized carbons (Fsp3) is 0.667. The Hall–Kier alpha value is -1.51. The quantitative estimate of drug-likeness (QED) is 0.694. The highest BCUT2D eigenvalue weighted by Crippen LogP contribution is 2.38. The molecule has 1 heterocycles. The maximum Gasteiger partial charge on any atom is 0.184 e. The molecule has 0 spiro atoms. The molecule has 0 bridgehead atoms. The minimum Gasteiger partial charge on any atom is -0.348 e. The summed E-state index contributed by atoms with van der Waals surface area (Å²) >= 11 is 0. The number of rotatable bonds is 5. The molecule has 1 saturated carbocycles. The molecule has 0 N–H and O–H groups in total. The Labute approximate surface area is 154 Å². The van der Waals surface area contributed by atoms with Crippen LogP contribution in [0.2, 0.25) is 0 Å². The van der Waals surface area contributed by atoms with E-state index in [1.54, 1.807) is 0 Å². The Morgan fingerprint density at radius 2 is 1.65 bits per heavy atom. The Balaban J connectivity index is 1.52. The van der Waals surface area contributed by atoms with Crippen LogP contribution in [-0.2, 0) is 9.47 Å². The summed E-state index contributed by atoms with van der Waals surface area (Å²) < 4.78 is 39.1. The molecule has 0 aromatic heterocycles. The van der Waals surface area contributed by atoms with Gasteiger partial charge in [-0.1, -0.05) is 39.0 Å². The van der Waals surface area contributed by atoms with Gasteiger partial charge in [0, 0.05) is 11.5 Å². The van der Waals surface area contributed by atoms with Gasteiger partial charge in [-0.15, -0.1) is 0 Å². The number of nitrogens with zero attached hydrogens (tertiary/aromatic N) is 1. The topological polar surface area (TPSA) is 42.2 Å². The van der Waals surface area contributed by atoms with Gasteiger partial charge < -0.3 is 9.47 Å². The molecule has 142 valence electrons. The minimum absolute atomic E-state index is 0.292. The Bertz CT molecular complexity index is 619. The fourth-order valence-electron chi connectivity index (χ4n) is 4.26. The van der Waals surface area contributed by atoms with Crippen molar-refractivity contribution in [3.8, 4) is 6.07 Å². The second-order valence-electron chi connectivity index (χ2n) is 7.65. The van der Waals surface area contributed by atoms with Crippen molar-refractivity contribution in [2.75, 3.05) is 13.2 Å². The molecular formula is C21H27F2NO2. The summed E-state index contributed by atoms with van der Waals surface area (Å²) in [5, 5.41) is 8.75. The number of nitriles is 1. The van der Waals surface area contributed by atoms with Gasteiger partial charge in [-0.25, -0.2) is 8.78 Å². The van der Waals surface area contributed by atoms with Crippen molar-refractivity contribution >= 4 is 0 Å². The van der Waals surface area contributed by atoms with Crippen LogP contribution in [0.3, 0.4) is 0 Å². The van der Waals surface area contributed by atoms with Crippen molar-refractivity contribution in [3.63, 3.8) is 0 Å². The molecule has 26 heavy (non-hydrogen) atoms. The molecule has 0 amide bonds. The van der Waals surface area contributed by atoms with E-state index in [-0.39, 0.29) is 0 Å². The van der Waals surface area contributed by atoms with E-state index in [4.69, 9.17) is 14.7 Å². The summed E-state index contributed by atoms with van der Waals surface area (Å²) in [4.78, 5) is 0. The number of benzene rings is 1. The van der Waals surface area contributed by atoms with E-state index < -0.39 is 23.5 Å². The van der Waals surface area contributed by atoms with Crippen molar-refractivity contribution in [2.45, 2.75) is 58.2 Å². The Kier molecular flexibility index (Phi) is 6.61. The SMILES string of the molecule is CCCC[C@H]1CC[C@H]([C@H]2CO[C@H](c3cc(F)c(C#N)c(F)c3)OC2)CC1. The van der Waals surface area contributed by atoms with Gasteiger partial charge in [-0.3, -0.25) is 0 Å². The third-order valence-corrected chi connectivity index (χ3v) is 5.90. The molecule has 2 aliphatic rings. The van der Waals surface area contributed by atoms with Crippen LogP contribution in [0, 0.1) is 40.7 Å². The van der Waals surface area contributed by atoms with E-state index in [9.17, 15) is 8.78 Å². The van der Waals surface area contributed by atoms with Crippen LogP contribution in [0.4, 0.5) is 8.78 Å². The van der Waals surface area contributed by atoms with E-state index >= 15 is 0 Å². The van der Waals surface area contributed by atoms with E-state index in [1.807, 2.05) is 0 Å². The van der Waals surface area contributed by atoms with Crippen LogP contribution in [0.5, 0.6) is 0 Å². The zero-order valence-corrected chi connectivity index (χ0v) is 15.3. The molecule has 2 fully saturated rings. The molecule has 1 saturated heterocycles. The summed E-state index contributed by atoms with van der Waals surface area (Å²) in [6.07, 6.45) is 8.19. The lowest BCUT2D eigenvalue weighted by Crippen LogP contribution is -2.34. The summed E-state index contributed by atoms with van der Waals surface area (Å²) in [5.74, 6) is 0.0909. The number of hydrogen-bond acceptors (Lipinski definition) is 3. The first-order valence-electron chi connectivity index (χ1n) is 9.74. The van der Waals surface area contributed by atoms with Gasteiger partial charge in [0.2, 0.25) is 0 Å². The minimum atomic E-state index is -0.873. The number of ether oxygens (including phenoxy) is 2. The zero-order valence-electron chi connectivity index (χ0n) is 15.3. The van der Waals surface area contributed by atoms with Crippen molar-refractivity contribution in [2.24, 2.45) is 17.8 Å². The van der Waals surface area contributed by atoms with Gasteiger partial charge in [0.1, 0.15) is 23.3 Å². The van der Waals surface area contributed by atoms with Gasteiger partial charge in [0.05, 0.1) is 13.2 Å². The first-order valence-corrected chi connectivity index (χ1v) is 9.74. The van der Waals surface area contributed by atoms with Crippen molar-refractivity contribution < 1.29 is 18.3 Å². The zero-order chi connectivity index (χ0) is 18.5. The first kappa shape index (κ1) is 19.3. The van der Waals surface area contributed by atoms with Crippen molar-refractivity contribution in [1.82, 2.24) is 0 Å². The molecule has 3 nitrogen and oxygen atoms in total. The van der Waals surface area contributed by atoms with E-state index in [2.05, 4.69) is 6.92 Å². The predicted molar refractivity (Wildman–Crippen MR) is 94.2 cm³/mol. The van der Waals surface area contributed by atoms with E-state index in [0.29, 0.717) is 30.6 Å². The molecule has 5 heteroatoms. The van der Waals surface area contributed by atoms with Crippen LogP contribution >= 0.6 is 0 Å². The highest BCUT2D eigenvalue weighted by Gasteiger charge is 2.32. The van der Waals surface area contributed by atoms with Crippen LogP contribution in [-0.4, -0.2) is 13.2 Å². The molecule has 0 atom stereocenters. The Morgan fingerprint density at radius 1 is 1.04 bits per heavy atom. The number of halogens is 2. The average Bonchev–Trinajstić information content (AvgIpc) is 2.67. The first-order chi connectivity index (χ1) is 12.6. The van der Waals surface area contributed by atoms with E-state index in [1.165, 1.54) is 51.0 Å². The van der Waals surface area contributed by atoms with Crippen molar-refractivity contribution in [3.05, 3.63) is 34.9 Å². The largest absolute Gasteiger partial charge is 0.348 e. The molecule has 1 aromatic rings. The van der Waals surface area contributed by atoms with Crippen LogP contribution in [0.15, 0.2) is 12.1 Å². The lowest BCUT2D eigenvalue weighted by atomic mass is 9.74. The molecule has 3 rings (SSSR count). The molecule has 0 radical (unpaired) electrons. The molecule has 1 aliphatic carbocycles. The maximum atomic E-state index is 13.8.